The lowest BCUT2D eigenvalue weighted by molar-refractivity contribution is 0.617. The molecule has 0 aliphatic carbocycles. The first-order chi connectivity index (χ1) is 7.33. The third kappa shape index (κ3) is 2.00. The number of benzene rings is 1. The summed E-state index contributed by atoms with van der Waals surface area (Å²) in [5.74, 6) is -0.108. The van der Waals surface area contributed by atoms with Crippen LogP contribution in [0.5, 0.6) is 0 Å². The fourth-order valence-corrected chi connectivity index (χ4v) is 1.76. The monoisotopic (exact) mass is 221 g/mol. The van der Waals surface area contributed by atoms with E-state index in [4.69, 9.17) is 11.6 Å². The molecule has 2 rings (SSSR count). The first-order valence-corrected chi connectivity index (χ1v) is 5.10. The zero-order chi connectivity index (χ0) is 10.7. The number of nitrogens with zero attached hydrogens (tertiary/aromatic N) is 1. The van der Waals surface area contributed by atoms with Crippen molar-refractivity contribution in [1.82, 2.24) is 4.98 Å². The van der Waals surface area contributed by atoms with E-state index in [0.717, 1.165) is 11.1 Å². The minimum atomic E-state index is -0.272. The Balaban J connectivity index is 2.58. The Bertz CT molecular complexity index is 456. The lowest BCUT2D eigenvalue weighted by Gasteiger charge is -2.07. The Morgan fingerprint density at radius 3 is 2.73 bits per heavy atom. The van der Waals surface area contributed by atoms with Gasteiger partial charge in [-0.3, -0.25) is 4.98 Å². The summed E-state index contributed by atoms with van der Waals surface area (Å²) in [6, 6.07) is 8.64. The topological polar surface area (TPSA) is 12.9 Å². The van der Waals surface area contributed by atoms with Crippen LogP contribution in [0.25, 0.3) is 11.1 Å². The van der Waals surface area contributed by atoms with Gasteiger partial charge in [0.05, 0.1) is 5.88 Å². The molecule has 2 aromatic rings. The van der Waals surface area contributed by atoms with Crippen molar-refractivity contribution in [3.63, 3.8) is 0 Å². The van der Waals surface area contributed by atoms with Gasteiger partial charge in [0, 0.05) is 23.5 Å². The molecular weight excluding hydrogens is 213 g/mol. The van der Waals surface area contributed by atoms with Gasteiger partial charge in [-0.05, 0) is 17.7 Å². The molecule has 0 spiro atoms. The molecule has 0 aliphatic heterocycles. The van der Waals surface area contributed by atoms with E-state index in [1.165, 1.54) is 6.07 Å². The van der Waals surface area contributed by atoms with Gasteiger partial charge in [-0.25, -0.2) is 4.39 Å². The van der Waals surface area contributed by atoms with Crippen LogP contribution in [0.1, 0.15) is 5.56 Å². The molecule has 1 aromatic heterocycles. The van der Waals surface area contributed by atoms with Crippen molar-refractivity contribution in [2.24, 2.45) is 0 Å². The number of rotatable bonds is 2. The van der Waals surface area contributed by atoms with Gasteiger partial charge in [0.1, 0.15) is 5.82 Å². The standard InChI is InChI=1S/C12H9ClFN/c13-7-11-10(4-1-5-12(11)14)9-3-2-6-15-8-9/h1-6,8H,7H2. The molecule has 0 radical (unpaired) electrons. The summed E-state index contributed by atoms with van der Waals surface area (Å²) in [5, 5.41) is 0. The maximum absolute atomic E-state index is 13.4. The largest absolute Gasteiger partial charge is 0.264 e. The quantitative estimate of drug-likeness (QED) is 0.706. The summed E-state index contributed by atoms with van der Waals surface area (Å²) in [7, 11) is 0. The second-order valence-electron chi connectivity index (χ2n) is 3.14. The summed E-state index contributed by atoms with van der Waals surface area (Å²) < 4.78 is 13.4. The van der Waals surface area contributed by atoms with E-state index >= 15 is 0 Å². The number of hydrogen-bond donors (Lipinski definition) is 0. The van der Waals surface area contributed by atoms with Gasteiger partial charge in [-0.1, -0.05) is 18.2 Å². The Labute approximate surface area is 92.5 Å². The van der Waals surface area contributed by atoms with Crippen LogP contribution in [0.3, 0.4) is 0 Å². The fourth-order valence-electron chi connectivity index (χ4n) is 1.49. The normalized spacial score (nSPS) is 10.3. The van der Waals surface area contributed by atoms with Crippen LogP contribution in [0, 0.1) is 5.82 Å². The van der Waals surface area contributed by atoms with Crippen LogP contribution >= 0.6 is 11.6 Å². The predicted molar refractivity (Wildman–Crippen MR) is 59.2 cm³/mol. The van der Waals surface area contributed by atoms with E-state index in [1.807, 2.05) is 18.2 Å². The molecule has 0 aliphatic rings. The highest BCUT2D eigenvalue weighted by atomic mass is 35.5. The third-order valence-corrected chi connectivity index (χ3v) is 2.49. The number of halogens is 2. The number of hydrogen-bond acceptors (Lipinski definition) is 1. The highest BCUT2D eigenvalue weighted by Gasteiger charge is 2.08. The minimum absolute atomic E-state index is 0.164. The minimum Gasteiger partial charge on any atom is -0.264 e. The number of aromatic nitrogens is 1. The molecule has 0 bridgehead atoms. The second-order valence-corrected chi connectivity index (χ2v) is 3.41. The molecule has 0 saturated heterocycles. The van der Waals surface area contributed by atoms with E-state index < -0.39 is 0 Å². The van der Waals surface area contributed by atoms with Crippen molar-refractivity contribution < 1.29 is 4.39 Å². The van der Waals surface area contributed by atoms with Crippen LogP contribution in [0.2, 0.25) is 0 Å². The first kappa shape index (κ1) is 10.1. The van der Waals surface area contributed by atoms with Crippen molar-refractivity contribution >= 4 is 11.6 Å². The van der Waals surface area contributed by atoms with Gasteiger partial charge >= 0.3 is 0 Å². The summed E-state index contributed by atoms with van der Waals surface area (Å²) in [5.41, 5.74) is 2.21. The summed E-state index contributed by atoms with van der Waals surface area (Å²) in [6.07, 6.45) is 3.38. The molecule has 0 fully saturated rings. The van der Waals surface area contributed by atoms with E-state index in [-0.39, 0.29) is 11.7 Å². The van der Waals surface area contributed by atoms with E-state index in [9.17, 15) is 4.39 Å². The molecular formula is C12H9ClFN. The lowest BCUT2D eigenvalue weighted by Crippen LogP contribution is -1.91. The van der Waals surface area contributed by atoms with Gasteiger partial charge in [0.2, 0.25) is 0 Å². The SMILES string of the molecule is Fc1cccc(-c2cccnc2)c1CCl. The van der Waals surface area contributed by atoms with Crippen molar-refractivity contribution in [2.75, 3.05) is 0 Å². The van der Waals surface area contributed by atoms with Gasteiger partial charge in [0.25, 0.3) is 0 Å². The third-order valence-electron chi connectivity index (χ3n) is 2.23. The molecule has 0 unspecified atom stereocenters. The van der Waals surface area contributed by atoms with Crippen LogP contribution < -0.4 is 0 Å². The summed E-state index contributed by atoms with van der Waals surface area (Å²) >= 11 is 5.73. The van der Waals surface area contributed by atoms with E-state index in [1.54, 1.807) is 18.5 Å². The Morgan fingerprint density at radius 2 is 2.07 bits per heavy atom. The molecule has 0 amide bonds. The van der Waals surface area contributed by atoms with E-state index in [0.29, 0.717) is 5.56 Å². The molecule has 1 heterocycles. The maximum atomic E-state index is 13.4. The molecule has 1 nitrogen and oxygen atoms in total. The van der Waals surface area contributed by atoms with Crippen molar-refractivity contribution in [3.05, 3.63) is 54.1 Å². The zero-order valence-corrected chi connectivity index (χ0v) is 8.71. The average Bonchev–Trinajstić information content (AvgIpc) is 2.30. The molecule has 0 atom stereocenters. The maximum Gasteiger partial charge on any atom is 0.128 e. The Hall–Kier alpha value is -1.41. The lowest BCUT2D eigenvalue weighted by atomic mass is 10.0. The second kappa shape index (κ2) is 4.41. The van der Waals surface area contributed by atoms with Crippen LogP contribution in [-0.4, -0.2) is 4.98 Å². The van der Waals surface area contributed by atoms with Gasteiger partial charge in [-0.15, -0.1) is 11.6 Å². The number of alkyl halides is 1. The molecule has 3 heteroatoms. The molecule has 15 heavy (non-hydrogen) atoms. The van der Waals surface area contributed by atoms with Gasteiger partial charge in [-0.2, -0.15) is 0 Å². The average molecular weight is 222 g/mol. The highest BCUT2D eigenvalue weighted by molar-refractivity contribution is 6.17. The Morgan fingerprint density at radius 1 is 1.20 bits per heavy atom. The molecule has 0 saturated carbocycles. The van der Waals surface area contributed by atoms with Crippen LogP contribution in [0.4, 0.5) is 4.39 Å². The van der Waals surface area contributed by atoms with Gasteiger partial charge < -0.3 is 0 Å². The summed E-state index contributed by atoms with van der Waals surface area (Å²) in [6.45, 7) is 0. The highest BCUT2D eigenvalue weighted by Crippen LogP contribution is 2.26. The fraction of sp³-hybridized carbons (Fsp3) is 0.0833. The van der Waals surface area contributed by atoms with Crippen molar-refractivity contribution in [3.8, 4) is 11.1 Å². The van der Waals surface area contributed by atoms with Crippen molar-refractivity contribution in [2.45, 2.75) is 5.88 Å². The van der Waals surface area contributed by atoms with Crippen molar-refractivity contribution in [1.29, 1.82) is 0 Å². The Kier molecular flexibility index (Phi) is 2.97. The molecule has 1 aromatic carbocycles. The van der Waals surface area contributed by atoms with E-state index in [2.05, 4.69) is 4.98 Å². The molecule has 76 valence electrons. The summed E-state index contributed by atoms with van der Waals surface area (Å²) in [4.78, 5) is 4.00. The van der Waals surface area contributed by atoms with Gasteiger partial charge in [0.15, 0.2) is 0 Å². The number of pyridine rings is 1. The first-order valence-electron chi connectivity index (χ1n) is 4.56. The van der Waals surface area contributed by atoms with Crippen LogP contribution in [-0.2, 0) is 5.88 Å². The smallest absolute Gasteiger partial charge is 0.128 e. The predicted octanol–water partition coefficient (Wildman–Crippen LogP) is 3.63. The zero-order valence-electron chi connectivity index (χ0n) is 7.95. The van der Waals surface area contributed by atoms with Crippen LogP contribution in [0.15, 0.2) is 42.7 Å². The molecule has 0 N–H and O–H groups in total.